The molecule has 2 rings (SSSR count). The smallest absolute Gasteiger partial charge is 0.422 e. The van der Waals surface area contributed by atoms with Crippen LogP contribution in [0.15, 0.2) is 23.2 Å². The van der Waals surface area contributed by atoms with Crippen molar-refractivity contribution in [2.75, 3.05) is 52.5 Å². The molecule has 1 aliphatic rings. The van der Waals surface area contributed by atoms with Gasteiger partial charge in [0.2, 0.25) is 0 Å². The summed E-state index contributed by atoms with van der Waals surface area (Å²) >= 11 is 0. The van der Waals surface area contributed by atoms with E-state index < -0.39 is 12.8 Å². The van der Waals surface area contributed by atoms with Gasteiger partial charge in [-0.1, -0.05) is 19.1 Å². The molecule has 1 aromatic carbocycles. The monoisotopic (exact) mass is 430 g/mol. The van der Waals surface area contributed by atoms with E-state index in [4.69, 9.17) is 9.47 Å². The summed E-state index contributed by atoms with van der Waals surface area (Å²) in [4.78, 5) is 6.92. The van der Waals surface area contributed by atoms with Crippen LogP contribution in [0.2, 0.25) is 0 Å². The fourth-order valence-electron chi connectivity index (χ4n) is 3.15. The summed E-state index contributed by atoms with van der Waals surface area (Å²) in [5.41, 5.74) is 1.45. The lowest BCUT2D eigenvalue weighted by Gasteiger charge is -2.29. The van der Waals surface area contributed by atoms with Crippen molar-refractivity contribution in [3.8, 4) is 5.75 Å². The molecule has 6 nitrogen and oxygen atoms in total. The van der Waals surface area contributed by atoms with Crippen molar-refractivity contribution in [2.45, 2.75) is 33.5 Å². The second-order valence-electron chi connectivity index (χ2n) is 7.61. The van der Waals surface area contributed by atoms with Crippen LogP contribution in [-0.2, 0) is 11.3 Å². The molecule has 0 aliphatic carbocycles. The number of nitrogens with one attached hydrogen (secondary N) is 2. The van der Waals surface area contributed by atoms with Crippen LogP contribution in [0.1, 0.15) is 25.0 Å². The molecule has 30 heavy (non-hydrogen) atoms. The first-order valence-corrected chi connectivity index (χ1v) is 10.4. The minimum Gasteiger partial charge on any atom is -0.484 e. The standard InChI is InChI=1S/C21H33F3N4O2/c1-4-25-20(26-12-17(3)14-28-7-9-29-10-8-28)27-13-18-6-5-16(2)11-19(18)30-15-21(22,23)24/h5-6,11,17H,4,7-10,12-15H2,1-3H3,(H2,25,26,27). The molecule has 1 fully saturated rings. The highest BCUT2D eigenvalue weighted by atomic mass is 19.4. The van der Waals surface area contributed by atoms with E-state index in [1.165, 1.54) is 0 Å². The Balaban J connectivity index is 1.94. The molecule has 0 radical (unpaired) electrons. The van der Waals surface area contributed by atoms with Gasteiger partial charge in [-0.15, -0.1) is 0 Å². The Morgan fingerprint density at radius 2 is 2.00 bits per heavy atom. The lowest BCUT2D eigenvalue weighted by atomic mass is 10.1. The maximum atomic E-state index is 12.5. The van der Waals surface area contributed by atoms with E-state index in [9.17, 15) is 13.2 Å². The summed E-state index contributed by atoms with van der Waals surface area (Å²) in [5, 5.41) is 6.51. The highest BCUT2D eigenvalue weighted by molar-refractivity contribution is 5.79. The SMILES string of the molecule is CCNC(=NCc1ccc(C)cc1OCC(F)(F)F)NCC(C)CN1CCOCC1. The van der Waals surface area contributed by atoms with Gasteiger partial charge < -0.3 is 20.1 Å². The van der Waals surface area contributed by atoms with Crippen LogP contribution < -0.4 is 15.4 Å². The summed E-state index contributed by atoms with van der Waals surface area (Å²) in [6.07, 6.45) is -4.38. The van der Waals surface area contributed by atoms with E-state index in [1.54, 1.807) is 12.1 Å². The Labute approximate surface area is 176 Å². The Morgan fingerprint density at radius 3 is 2.67 bits per heavy atom. The van der Waals surface area contributed by atoms with E-state index in [1.807, 2.05) is 19.9 Å². The van der Waals surface area contributed by atoms with Gasteiger partial charge in [-0.25, -0.2) is 4.99 Å². The van der Waals surface area contributed by atoms with E-state index in [0.717, 1.165) is 45.0 Å². The highest BCUT2D eigenvalue weighted by Gasteiger charge is 2.28. The van der Waals surface area contributed by atoms with Crippen LogP contribution in [0.4, 0.5) is 13.2 Å². The van der Waals surface area contributed by atoms with Gasteiger partial charge in [0.25, 0.3) is 0 Å². The Hall–Kier alpha value is -2.00. The molecule has 1 heterocycles. The largest absolute Gasteiger partial charge is 0.484 e. The Kier molecular flexibility index (Phi) is 9.71. The number of hydrogen-bond donors (Lipinski definition) is 2. The molecule has 2 N–H and O–H groups in total. The lowest BCUT2D eigenvalue weighted by Crippen LogP contribution is -2.44. The maximum Gasteiger partial charge on any atom is 0.422 e. The van der Waals surface area contributed by atoms with Crippen LogP contribution in [0.3, 0.4) is 0 Å². The van der Waals surface area contributed by atoms with Crippen molar-refractivity contribution in [3.05, 3.63) is 29.3 Å². The molecule has 0 aromatic heterocycles. The number of ether oxygens (including phenoxy) is 2. The summed E-state index contributed by atoms with van der Waals surface area (Å²) < 4.78 is 48.0. The first kappa shape index (κ1) is 24.3. The fourth-order valence-corrected chi connectivity index (χ4v) is 3.15. The van der Waals surface area contributed by atoms with E-state index in [0.29, 0.717) is 24.0 Å². The number of hydrogen-bond acceptors (Lipinski definition) is 4. The first-order valence-electron chi connectivity index (χ1n) is 10.4. The topological polar surface area (TPSA) is 58.1 Å². The Bertz CT molecular complexity index is 677. The van der Waals surface area contributed by atoms with Crippen molar-refractivity contribution >= 4 is 5.96 Å². The number of halogens is 3. The van der Waals surface area contributed by atoms with E-state index in [2.05, 4.69) is 27.4 Å². The lowest BCUT2D eigenvalue weighted by molar-refractivity contribution is -0.153. The number of morpholine rings is 1. The maximum absolute atomic E-state index is 12.5. The molecule has 0 amide bonds. The molecule has 1 aliphatic heterocycles. The number of aryl methyl sites for hydroxylation is 1. The third-order valence-corrected chi connectivity index (χ3v) is 4.66. The van der Waals surface area contributed by atoms with Crippen molar-refractivity contribution < 1.29 is 22.6 Å². The van der Waals surface area contributed by atoms with Crippen molar-refractivity contribution in [2.24, 2.45) is 10.9 Å². The molecule has 1 unspecified atom stereocenters. The fraction of sp³-hybridized carbons (Fsp3) is 0.667. The molecule has 0 spiro atoms. The van der Waals surface area contributed by atoms with Crippen LogP contribution in [0, 0.1) is 12.8 Å². The first-order chi connectivity index (χ1) is 14.3. The molecule has 1 atom stereocenters. The number of benzene rings is 1. The van der Waals surface area contributed by atoms with Crippen LogP contribution in [0.25, 0.3) is 0 Å². The zero-order valence-electron chi connectivity index (χ0n) is 18.0. The van der Waals surface area contributed by atoms with Crippen molar-refractivity contribution in [1.82, 2.24) is 15.5 Å². The minimum absolute atomic E-state index is 0.215. The van der Waals surface area contributed by atoms with Gasteiger partial charge in [-0.2, -0.15) is 13.2 Å². The third-order valence-electron chi connectivity index (χ3n) is 4.66. The summed E-state index contributed by atoms with van der Waals surface area (Å²) in [6, 6.07) is 5.21. The average Bonchev–Trinajstić information content (AvgIpc) is 2.69. The molecular weight excluding hydrogens is 397 g/mol. The van der Waals surface area contributed by atoms with Crippen LogP contribution in [0.5, 0.6) is 5.75 Å². The van der Waals surface area contributed by atoms with Crippen LogP contribution in [-0.4, -0.2) is 69.6 Å². The van der Waals surface area contributed by atoms with Gasteiger partial charge in [0.05, 0.1) is 19.8 Å². The number of alkyl halides is 3. The van der Waals surface area contributed by atoms with Crippen molar-refractivity contribution in [3.63, 3.8) is 0 Å². The normalized spacial score (nSPS) is 16.9. The summed E-state index contributed by atoms with van der Waals surface area (Å²) in [7, 11) is 0. The summed E-state index contributed by atoms with van der Waals surface area (Å²) in [6.45, 7) is 10.7. The molecule has 0 bridgehead atoms. The molecular formula is C21H33F3N4O2. The zero-order chi connectivity index (χ0) is 22.0. The third kappa shape index (κ3) is 9.21. The number of guanidine groups is 1. The quantitative estimate of drug-likeness (QED) is 0.466. The van der Waals surface area contributed by atoms with Crippen molar-refractivity contribution in [1.29, 1.82) is 0 Å². The van der Waals surface area contributed by atoms with Gasteiger partial charge in [-0.05, 0) is 31.4 Å². The average molecular weight is 431 g/mol. The van der Waals surface area contributed by atoms with Gasteiger partial charge >= 0.3 is 6.18 Å². The van der Waals surface area contributed by atoms with Gasteiger partial charge in [0, 0.05) is 38.3 Å². The molecule has 170 valence electrons. The highest BCUT2D eigenvalue weighted by Crippen LogP contribution is 2.24. The zero-order valence-corrected chi connectivity index (χ0v) is 18.0. The number of rotatable bonds is 9. The van der Waals surface area contributed by atoms with E-state index >= 15 is 0 Å². The number of nitrogens with zero attached hydrogens (tertiary/aromatic N) is 2. The second kappa shape index (κ2) is 12.0. The predicted octanol–water partition coefficient (Wildman–Crippen LogP) is 2.96. The van der Waals surface area contributed by atoms with Gasteiger partial charge in [0.15, 0.2) is 12.6 Å². The number of aliphatic imine (C=N–C) groups is 1. The molecule has 1 saturated heterocycles. The van der Waals surface area contributed by atoms with Crippen LogP contribution >= 0.6 is 0 Å². The molecule has 0 saturated carbocycles. The Morgan fingerprint density at radius 1 is 1.27 bits per heavy atom. The van der Waals surface area contributed by atoms with E-state index in [-0.39, 0.29) is 12.3 Å². The van der Waals surface area contributed by atoms with Gasteiger partial charge in [0.1, 0.15) is 5.75 Å². The summed E-state index contributed by atoms with van der Waals surface area (Å²) in [5.74, 6) is 1.26. The van der Waals surface area contributed by atoms with Gasteiger partial charge in [-0.3, -0.25) is 4.90 Å². The molecule has 9 heteroatoms. The minimum atomic E-state index is -4.38. The second-order valence-corrected chi connectivity index (χ2v) is 7.61. The predicted molar refractivity (Wildman–Crippen MR) is 112 cm³/mol. The molecule has 1 aromatic rings.